The van der Waals surface area contributed by atoms with Gasteiger partial charge in [-0.05, 0) is 30.5 Å². The molecule has 0 radical (unpaired) electrons. The summed E-state index contributed by atoms with van der Waals surface area (Å²) in [4.78, 5) is 24.5. The second kappa shape index (κ2) is 7.43. The van der Waals surface area contributed by atoms with Gasteiger partial charge in [-0.1, -0.05) is 23.7 Å². The van der Waals surface area contributed by atoms with E-state index in [0.29, 0.717) is 18.0 Å². The van der Waals surface area contributed by atoms with E-state index in [0.717, 1.165) is 18.4 Å². The van der Waals surface area contributed by atoms with E-state index < -0.39 is 12.1 Å². The van der Waals surface area contributed by atoms with Crippen LogP contribution in [0.15, 0.2) is 24.3 Å². The summed E-state index contributed by atoms with van der Waals surface area (Å²) in [5.41, 5.74) is 1.14. The Labute approximate surface area is 128 Å². The second-order valence-electron chi connectivity index (χ2n) is 5.02. The van der Waals surface area contributed by atoms with Crippen molar-refractivity contribution in [1.82, 2.24) is 4.90 Å². The molecule has 1 saturated heterocycles. The van der Waals surface area contributed by atoms with Gasteiger partial charge in [0, 0.05) is 18.0 Å². The zero-order valence-corrected chi connectivity index (χ0v) is 12.4. The minimum atomic E-state index is -1.02. The molecule has 114 valence electrons. The Bertz CT molecular complexity index is 503. The number of benzene rings is 1. The van der Waals surface area contributed by atoms with Crippen molar-refractivity contribution in [1.29, 1.82) is 0 Å². The number of amides is 1. The molecule has 1 aliphatic rings. The number of carbonyl (C=O) groups excluding carboxylic acids is 1. The van der Waals surface area contributed by atoms with Crippen LogP contribution in [0.4, 0.5) is 0 Å². The average molecular weight is 312 g/mol. The number of ether oxygens (including phenoxy) is 1. The maximum atomic E-state index is 12.1. The Morgan fingerprint density at radius 1 is 1.33 bits per heavy atom. The first kappa shape index (κ1) is 15.8. The number of nitrogens with zero attached hydrogens (tertiary/aromatic N) is 1. The van der Waals surface area contributed by atoms with Gasteiger partial charge in [0.05, 0.1) is 13.2 Å². The summed E-state index contributed by atoms with van der Waals surface area (Å²) >= 11 is 5.82. The van der Waals surface area contributed by atoms with Gasteiger partial charge in [0.25, 0.3) is 0 Å². The number of carboxylic acids is 1. The minimum absolute atomic E-state index is 0.0153. The molecule has 0 saturated carbocycles. The van der Waals surface area contributed by atoms with Gasteiger partial charge in [-0.25, -0.2) is 4.79 Å². The van der Waals surface area contributed by atoms with E-state index in [-0.39, 0.29) is 19.1 Å². The first-order chi connectivity index (χ1) is 10.1. The van der Waals surface area contributed by atoms with Gasteiger partial charge >= 0.3 is 5.97 Å². The molecular weight excluding hydrogens is 294 g/mol. The number of carboxylic acid groups (broad SMARTS) is 1. The number of carbonyl (C=O) groups is 2. The van der Waals surface area contributed by atoms with Crippen molar-refractivity contribution in [2.24, 2.45) is 0 Å². The van der Waals surface area contributed by atoms with E-state index in [4.69, 9.17) is 21.4 Å². The van der Waals surface area contributed by atoms with Crippen LogP contribution >= 0.6 is 11.6 Å². The zero-order valence-electron chi connectivity index (χ0n) is 11.6. The maximum absolute atomic E-state index is 12.1. The lowest BCUT2D eigenvalue weighted by Gasteiger charge is -2.30. The van der Waals surface area contributed by atoms with Crippen molar-refractivity contribution in [3.63, 3.8) is 0 Å². The van der Waals surface area contributed by atoms with Crippen molar-refractivity contribution in [2.45, 2.75) is 25.4 Å². The topological polar surface area (TPSA) is 66.8 Å². The van der Waals surface area contributed by atoms with Crippen LogP contribution in [0.1, 0.15) is 18.4 Å². The molecular formula is C15H18ClNO4. The molecule has 1 N–H and O–H groups in total. The number of morpholine rings is 1. The summed E-state index contributed by atoms with van der Waals surface area (Å²) < 4.78 is 5.10. The van der Waals surface area contributed by atoms with Gasteiger partial charge in [-0.3, -0.25) is 4.79 Å². The van der Waals surface area contributed by atoms with Crippen LogP contribution in [0.25, 0.3) is 0 Å². The monoisotopic (exact) mass is 311 g/mol. The van der Waals surface area contributed by atoms with Crippen molar-refractivity contribution < 1.29 is 19.4 Å². The number of aryl methyl sites for hydroxylation is 1. The number of rotatable bonds is 5. The number of hydrogen-bond donors (Lipinski definition) is 1. The Balaban J connectivity index is 1.76. The maximum Gasteiger partial charge on any atom is 0.334 e. The molecule has 1 atom stereocenters. The lowest BCUT2D eigenvalue weighted by molar-refractivity contribution is -0.159. The normalized spacial score (nSPS) is 18.5. The minimum Gasteiger partial charge on any atom is -0.479 e. The van der Waals surface area contributed by atoms with Crippen LogP contribution in [0.3, 0.4) is 0 Å². The Hall–Kier alpha value is -1.59. The van der Waals surface area contributed by atoms with Gasteiger partial charge in [-0.2, -0.15) is 0 Å². The third-order valence-corrected chi connectivity index (χ3v) is 3.72. The highest BCUT2D eigenvalue weighted by Gasteiger charge is 2.28. The van der Waals surface area contributed by atoms with Crippen LogP contribution in [0.5, 0.6) is 0 Å². The second-order valence-corrected chi connectivity index (χ2v) is 5.45. The average Bonchev–Trinajstić information content (AvgIpc) is 2.49. The molecule has 2 rings (SSSR count). The van der Waals surface area contributed by atoms with Gasteiger partial charge in [0.15, 0.2) is 6.10 Å². The predicted octanol–water partition coefficient (Wildman–Crippen LogP) is 1.97. The lowest BCUT2D eigenvalue weighted by atomic mass is 10.1. The molecule has 1 fully saturated rings. The first-order valence-electron chi connectivity index (χ1n) is 6.93. The lowest BCUT2D eigenvalue weighted by Crippen LogP contribution is -2.48. The van der Waals surface area contributed by atoms with Crippen LogP contribution in [0, 0.1) is 0 Å². The third kappa shape index (κ3) is 4.72. The Morgan fingerprint density at radius 3 is 2.71 bits per heavy atom. The number of halogens is 1. The first-order valence-corrected chi connectivity index (χ1v) is 7.30. The smallest absolute Gasteiger partial charge is 0.334 e. The van der Waals surface area contributed by atoms with Gasteiger partial charge in [0.1, 0.15) is 0 Å². The fourth-order valence-electron chi connectivity index (χ4n) is 2.28. The molecule has 1 heterocycles. The van der Waals surface area contributed by atoms with Crippen LogP contribution < -0.4 is 0 Å². The quantitative estimate of drug-likeness (QED) is 0.903. The highest BCUT2D eigenvalue weighted by molar-refractivity contribution is 6.30. The summed E-state index contributed by atoms with van der Waals surface area (Å²) in [5.74, 6) is -1.04. The molecule has 0 aliphatic carbocycles. The van der Waals surface area contributed by atoms with E-state index in [9.17, 15) is 9.59 Å². The number of hydrogen-bond acceptors (Lipinski definition) is 3. The standard InChI is InChI=1S/C15H18ClNO4/c16-12-6-4-11(5-7-12)2-1-3-14(18)17-8-9-21-13(10-17)15(19)20/h4-7,13H,1-3,8-10H2,(H,19,20)/t13-/m0/s1. The van der Waals surface area contributed by atoms with Crippen LogP contribution in [-0.2, 0) is 20.7 Å². The Morgan fingerprint density at radius 2 is 2.05 bits per heavy atom. The summed E-state index contributed by atoms with van der Waals surface area (Å²) in [7, 11) is 0. The molecule has 0 aromatic heterocycles. The molecule has 0 spiro atoms. The Kier molecular flexibility index (Phi) is 5.59. The van der Waals surface area contributed by atoms with E-state index >= 15 is 0 Å². The van der Waals surface area contributed by atoms with Crippen LogP contribution in [-0.4, -0.2) is 47.7 Å². The van der Waals surface area contributed by atoms with Crippen molar-refractivity contribution in [3.8, 4) is 0 Å². The molecule has 1 aromatic carbocycles. The summed E-state index contributed by atoms with van der Waals surface area (Å²) in [6, 6.07) is 7.56. The number of aliphatic carboxylic acids is 1. The van der Waals surface area contributed by atoms with Crippen LogP contribution in [0.2, 0.25) is 5.02 Å². The summed E-state index contributed by atoms with van der Waals surface area (Å²) in [5, 5.41) is 9.61. The highest BCUT2D eigenvalue weighted by Crippen LogP contribution is 2.13. The SMILES string of the molecule is O=C(O)[C@@H]1CN(C(=O)CCCc2ccc(Cl)cc2)CCO1. The van der Waals surface area contributed by atoms with E-state index in [2.05, 4.69) is 0 Å². The van der Waals surface area contributed by atoms with Gasteiger partial charge in [-0.15, -0.1) is 0 Å². The summed E-state index contributed by atoms with van der Waals surface area (Å²) in [6.07, 6.45) is 1.04. The molecule has 6 heteroatoms. The van der Waals surface area contributed by atoms with Crippen molar-refractivity contribution in [3.05, 3.63) is 34.9 Å². The fourth-order valence-corrected chi connectivity index (χ4v) is 2.40. The van der Waals surface area contributed by atoms with E-state index in [1.807, 2.05) is 24.3 Å². The van der Waals surface area contributed by atoms with Gasteiger partial charge in [0.2, 0.25) is 5.91 Å². The fraction of sp³-hybridized carbons (Fsp3) is 0.467. The van der Waals surface area contributed by atoms with E-state index in [1.54, 1.807) is 4.90 Å². The molecule has 21 heavy (non-hydrogen) atoms. The van der Waals surface area contributed by atoms with Crippen molar-refractivity contribution in [2.75, 3.05) is 19.7 Å². The zero-order chi connectivity index (χ0) is 15.2. The largest absolute Gasteiger partial charge is 0.479 e. The molecule has 1 amide bonds. The molecule has 1 aliphatic heterocycles. The molecule has 5 nitrogen and oxygen atoms in total. The van der Waals surface area contributed by atoms with E-state index in [1.165, 1.54) is 0 Å². The molecule has 0 unspecified atom stereocenters. The predicted molar refractivity (Wildman–Crippen MR) is 78.3 cm³/mol. The highest BCUT2D eigenvalue weighted by atomic mass is 35.5. The molecule has 1 aromatic rings. The molecule has 0 bridgehead atoms. The third-order valence-electron chi connectivity index (χ3n) is 3.46. The van der Waals surface area contributed by atoms with Gasteiger partial charge < -0.3 is 14.7 Å². The van der Waals surface area contributed by atoms with Crippen molar-refractivity contribution >= 4 is 23.5 Å². The summed E-state index contributed by atoms with van der Waals surface area (Å²) in [6.45, 7) is 0.874.